The Labute approximate surface area is 111 Å². The number of rotatable bonds is 2. The van der Waals surface area contributed by atoms with Crippen LogP contribution in [-0.2, 0) is 4.79 Å². The average molecular weight is 321 g/mol. The first-order valence-electron chi connectivity index (χ1n) is 5.25. The SMILES string of the molecule is CC(=O)N[C@H]1CCN(c2nnc(Br)s2)C[C@@H]1O. The van der Waals surface area contributed by atoms with Gasteiger partial charge in [0.2, 0.25) is 11.0 Å². The number of piperidine rings is 1. The predicted molar refractivity (Wildman–Crippen MR) is 68.1 cm³/mol. The zero-order valence-electron chi connectivity index (χ0n) is 9.26. The molecule has 1 aliphatic heterocycles. The number of amides is 1. The number of nitrogens with zero attached hydrogens (tertiary/aromatic N) is 3. The van der Waals surface area contributed by atoms with Crippen molar-refractivity contribution >= 4 is 38.3 Å². The van der Waals surface area contributed by atoms with Crippen LogP contribution in [-0.4, -0.2) is 46.4 Å². The molecule has 1 aromatic heterocycles. The lowest BCUT2D eigenvalue weighted by Gasteiger charge is -2.35. The number of hydrogen-bond donors (Lipinski definition) is 2. The van der Waals surface area contributed by atoms with E-state index in [1.807, 2.05) is 4.90 Å². The van der Waals surface area contributed by atoms with Crippen LogP contribution in [0.25, 0.3) is 0 Å². The Hall–Kier alpha value is -0.730. The van der Waals surface area contributed by atoms with Crippen molar-refractivity contribution < 1.29 is 9.90 Å². The maximum absolute atomic E-state index is 11.0. The van der Waals surface area contributed by atoms with Crippen molar-refractivity contribution in [2.24, 2.45) is 0 Å². The topological polar surface area (TPSA) is 78.4 Å². The third-order valence-corrected chi connectivity index (χ3v) is 4.05. The van der Waals surface area contributed by atoms with Crippen LogP contribution in [0.2, 0.25) is 0 Å². The van der Waals surface area contributed by atoms with E-state index in [0.717, 1.165) is 15.6 Å². The molecule has 0 spiro atoms. The number of carbonyl (C=O) groups is 1. The third kappa shape index (κ3) is 3.14. The summed E-state index contributed by atoms with van der Waals surface area (Å²) in [6, 6.07) is -0.167. The molecule has 17 heavy (non-hydrogen) atoms. The minimum atomic E-state index is -0.574. The molecule has 2 N–H and O–H groups in total. The summed E-state index contributed by atoms with van der Waals surface area (Å²) in [6.45, 7) is 2.68. The minimum Gasteiger partial charge on any atom is -0.389 e. The number of hydrogen-bond acceptors (Lipinski definition) is 6. The second kappa shape index (κ2) is 5.28. The van der Waals surface area contributed by atoms with E-state index in [0.29, 0.717) is 13.0 Å². The Balaban J connectivity index is 1.97. The largest absolute Gasteiger partial charge is 0.389 e. The third-order valence-electron chi connectivity index (χ3n) is 2.63. The number of β-amino-alcohol motifs (C(OH)–C–C–N with tert-alkyl or cyclic N) is 1. The first-order chi connectivity index (χ1) is 8.06. The smallest absolute Gasteiger partial charge is 0.217 e. The molecule has 0 radical (unpaired) electrons. The fourth-order valence-corrected chi connectivity index (χ4v) is 2.98. The first-order valence-corrected chi connectivity index (χ1v) is 6.86. The van der Waals surface area contributed by atoms with E-state index in [2.05, 4.69) is 31.4 Å². The molecular formula is C9H13BrN4O2S. The second-order valence-electron chi connectivity index (χ2n) is 3.95. The molecular weight excluding hydrogens is 308 g/mol. The number of aliphatic hydroxyl groups is 1. The summed E-state index contributed by atoms with van der Waals surface area (Å²) in [5, 5.41) is 21.4. The lowest BCUT2D eigenvalue weighted by molar-refractivity contribution is -0.120. The van der Waals surface area contributed by atoms with Crippen LogP contribution in [0, 0.1) is 0 Å². The Bertz CT molecular complexity index is 413. The van der Waals surface area contributed by atoms with Gasteiger partial charge in [0.05, 0.1) is 12.1 Å². The van der Waals surface area contributed by atoms with Gasteiger partial charge in [-0.15, -0.1) is 10.2 Å². The van der Waals surface area contributed by atoms with Gasteiger partial charge in [-0.2, -0.15) is 0 Å². The summed E-state index contributed by atoms with van der Waals surface area (Å²) in [4.78, 5) is 12.9. The second-order valence-corrected chi connectivity index (χ2v) is 6.18. The molecule has 1 fully saturated rings. The average Bonchev–Trinajstić information content (AvgIpc) is 2.67. The maximum Gasteiger partial charge on any atom is 0.217 e. The maximum atomic E-state index is 11.0. The van der Waals surface area contributed by atoms with E-state index in [1.165, 1.54) is 18.3 Å². The van der Waals surface area contributed by atoms with Gasteiger partial charge in [-0.3, -0.25) is 4.79 Å². The Morgan fingerprint density at radius 3 is 2.94 bits per heavy atom. The van der Waals surface area contributed by atoms with Crippen LogP contribution in [0.1, 0.15) is 13.3 Å². The number of anilines is 1. The van der Waals surface area contributed by atoms with Crippen molar-refractivity contribution in [2.75, 3.05) is 18.0 Å². The van der Waals surface area contributed by atoms with Crippen molar-refractivity contribution in [3.63, 3.8) is 0 Å². The van der Waals surface area contributed by atoms with E-state index in [9.17, 15) is 9.90 Å². The highest BCUT2D eigenvalue weighted by Crippen LogP contribution is 2.26. The number of aromatic nitrogens is 2. The zero-order valence-corrected chi connectivity index (χ0v) is 11.7. The summed E-state index contributed by atoms with van der Waals surface area (Å²) in [5.41, 5.74) is 0. The Morgan fingerprint density at radius 2 is 2.41 bits per heavy atom. The number of carbonyl (C=O) groups excluding carboxylic acids is 1. The van der Waals surface area contributed by atoms with Gasteiger partial charge in [0.15, 0.2) is 3.92 Å². The summed E-state index contributed by atoms with van der Waals surface area (Å²) in [6.07, 6.45) is 0.133. The molecule has 0 aliphatic carbocycles. The van der Waals surface area contributed by atoms with E-state index < -0.39 is 6.10 Å². The fourth-order valence-electron chi connectivity index (χ4n) is 1.86. The Kier molecular flexibility index (Phi) is 3.95. The van der Waals surface area contributed by atoms with Gasteiger partial charge < -0.3 is 15.3 Å². The van der Waals surface area contributed by atoms with Crippen LogP contribution >= 0.6 is 27.3 Å². The standard InChI is InChI=1S/C9H13BrN4O2S/c1-5(15)11-6-2-3-14(4-7(6)16)9-13-12-8(10)17-9/h6-7,16H,2-4H2,1H3,(H,11,15)/t6-,7-/m0/s1. The quantitative estimate of drug-likeness (QED) is 0.823. The number of halogens is 1. The molecule has 0 saturated carbocycles. The molecule has 8 heteroatoms. The Morgan fingerprint density at radius 1 is 1.65 bits per heavy atom. The normalized spacial score (nSPS) is 24.8. The van der Waals surface area contributed by atoms with Gasteiger partial charge >= 0.3 is 0 Å². The van der Waals surface area contributed by atoms with Crippen molar-refractivity contribution in [1.29, 1.82) is 0 Å². The highest BCUT2D eigenvalue weighted by atomic mass is 79.9. The number of aliphatic hydroxyl groups excluding tert-OH is 1. The highest BCUT2D eigenvalue weighted by molar-refractivity contribution is 9.11. The summed E-state index contributed by atoms with van der Waals surface area (Å²) >= 11 is 4.69. The lowest BCUT2D eigenvalue weighted by atomic mass is 10.0. The van der Waals surface area contributed by atoms with Crippen LogP contribution in [0.5, 0.6) is 0 Å². The fraction of sp³-hybridized carbons (Fsp3) is 0.667. The zero-order chi connectivity index (χ0) is 12.4. The predicted octanol–water partition coefficient (Wildman–Crippen LogP) is 0.376. The van der Waals surface area contributed by atoms with E-state index in [1.54, 1.807) is 0 Å². The van der Waals surface area contributed by atoms with Crippen molar-refractivity contribution in [1.82, 2.24) is 15.5 Å². The molecule has 0 unspecified atom stereocenters. The van der Waals surface area contributed by atoms with Gasteiger partial charge in [0.1, 0.15) is 0 Å². The minimum absolute atomic E-state index is 0.110. The van der Waals surface area contributed by atoms with Gasteiger partial charge in [0, 0.05) is 20.0 Å². The van der Waals surface area contributed by atoms with E-state index in [-0.39, 0.29) is 11.9 Å². The number of nitrogens with one attached hydrogen (secondary N) is 1. The van der Waals surface area contributed by atoms with Gasteiger partial charge in [0.25, 0.3) is 0 Å². The lowest BCUT2D eigenvalue weighted by Crippen LogP contribution is -2.53. The molecule has 2 atom stereocenters. The van der Waals surface area contributed by atoms with Crippen molar-refractivity contribution in [3.05, 3.63) is 3.92 Å². The monoisotopic (exact) mass is 320 g/mol. The van der Waals surface area contributed by atoms with Crippen molar-refractivity contribution in [3.8, 4) is 0 Å². The van der Waals surface area contributed by atoms with Crippen LogP contribution in [0.3, 0.4) is 0 Å². The molecule has 2 rings (SSSR count). The van der Waals surface area contributed by atoms with Crippen molar-refractivity contribution in [2.45, 2.75) is 25.5 Å². The van der Waals surface area contributed by atoms with E-state index >= 15 is 0 Å². The first kappa shape index (κ1) is 12.7. The summed E-state index contributed by atoms with van der Waals surface area (Å²) in [7, 11) is 0. The molecule has 2 heterocycles. The van der Waals surface area contributed by atoms with Gasteiger partial charge in [-0.25, -0.2) is 0 Å². The molecule has 1 saturated heterocycles. The molecule has 1 aliphatic rings. The van der Waals surface area contributed by atoms with E-state index in [4.69, 9.17) is 0 Å². The molecule has 1 aromatic rings. The molecule has 6 nitrogen and oxygen atoms in total. The van der Waals surface area contributed by atoms with Crippen LogP contribution in [0.15, 0.2) is 3.92 Å². The summed E-state index contributed by atoms with van der Waals surface area (Å²) in [5.74, 6) is -0.110. The highest BCUT2D eigenvalue weighted by Gasteiger charge is 2.29. The molecule has 0 aromatic carbocycles. The van der Waals surface area contributed by atoms with Crippen LogP contribution in [0.4, 0.5) is 5.13 Å². The molecule has 1 amide bonds. The molecule has 94 valence electrons. The van der Waals surface area contributed by atoms with Gasteiger partial charge in [-0.1, -0.05) is 11.3 Å². The van der Waals surface area contributed by atoms with Crippen LogP contribution < -0.4 is 10.2 Å². The molecule has 0 bridgehead atoms. The van der Waals surface area contributed by atoms with Gasteiger partial charge in [-0.05, 0) is 22.4 Å². The summed E-state index contributed by atoms with van der Waals surface area (Å²) < 4.78 is 0.728.